The second-order valence-corrected chi connectivity index (χ2v) is 5.31. The lowest BCUT2D eigenvalue weighted by atomic mass is 9.97. The van der Waals surface area contributed by atoms with Gasteiger partial charge in [-0.05, 0) is 24.6 Å². The van der Waals surface area contributed by atoms with Crippen LogP contribution in [0.5, 0.6) is 5.75 Å². The predicted octanol–water partition coefficient (Wildman–Crippen LogP) is 1.52. The topological polar surface area (TPSA) is 41.6 Å². The summed E-state index contributed by atoms with van der Waals surface area (Å²) in [5.41, 5.74) is 0. The summed E-state index contributed by atoms with van der Waals surface area (Å²) < 4.78 is 18.4. The third-order valence-corrected chi connectivity index (χ3v) is 3.70. The lowest BCUT2D eigenvalue weighted by Crippen LogP contribution is -2.38. The van der Waals surface area contributed by atoms with E-state index in [2.05, 4.69) is 12.2 Å². The van der Waals surface area contributed by atoms with Gasteiger partial charge in [-0.15, -0.1) is 0 Å². The molecule has 0 radical (unpaired) electrons. The van der Waals surface area contributed by atoms with Crippen molar-refractivity contribution in [1.29, 1.82) is 0 Å². The van der Waals surface area contributed by atoms with Crippen LogP contribution in [0.3, 0.4) is 0 Å². The lowest BCUT2D eigenvalue weighted by Gasteiger charge is -2.23. The van der Waals surface area contributed by atoms with Gasteiger partial charge >= 0.3 is 0 Å². The molecule has 1 heterocycles. The summed E-state index contributed by atoms with van der Waals surface area (Å²) in [6, 6.07) is 6.01. The van der Waals surface area contributed by atoms with Crippen LogP contribution in [0.1, 0.15) is 6.92 Å². The van der Waals surface area contributed by atoms with Gasteiger partial charge in [-0.25, -0.2) is 4.39 Å². The van der Waals surface area contributed by atoms with E-state index in [9.17, 15) is 9.18 Å². The third-order valence-electron chi connectivity index (χ3n) is 3.70. The van der Waals surface area contributed by atoms with Crippen molar-refractivity contribution < 1.29 is 13.9 Å². The first-order valence-corrected chi connectivity index (χ1v) is 6.92. The number of nitrogens with one attached hydrogen (secondary N) is 1. The summed E-state index contributed by atoms with van der Waals surface area (Å²) in [5, 5.41) is 3.23. The molecule has 0 bridgehead atoms. The Morgan fingerprint density at radius 2 is 2.30 bits per heavy atom. The number of hydrogen-bond acceptors (Lipinski definition) is 3. The molecule has 1 aliphatic rings. The highest BCUT2D eigenvalue weighted by Crippen LogP contribution is 2.18. The van der Waals surface area contributed by atoms with Crippen molar-refractivity contribution in [3.63, 3.8) is 0 Å². The molecule has 0 unspecified atom stereocenters. The molecule has 2 rings (SSSR count). The van der Waals surface area contributed by atoms with Crippen LogP contribution in [-0.4, -0.2) is 44.1 Å². The monoisotopic (exact) mass is 280 g/mol. The number of rotatable bonds is 5. The molecule has 4 nitrogen and oxygen atoms in total. The van der Waals surface area contributed by atoms with E-state index in [1.54, 1.807) is 24.1 Å². The van der Waals surface area contributed by atoms with Gasteiger partial charge in [-0.1, -0.05) is 13.0 Å². The van der Waals surface area contributed by atoms with Crippen molar-refractivity contribution in [2.75, 3.05) is 33.3 Å². The van der Waals surface area contributed by atoms with Crippen LogP contribution in [0.15, 0.2) is 24.3 Å². The van der Waals surface area contributed by atoms with Crippen LogP contribution in [-0.2, 0) is 4.79 Å². The van der Waals surface area contributed by atoms with Crippen molar-refractivity contribution in [3.05, 3.63) is 30.1 Å². The maximum Gasteiger partial charge on any atom is 0.227 e. The zero-order valence-electron chi connectivity index (χ0n) is 11.9. The van der Waals surface area contributed by atoms with Crippen molar-refractivity contribution >= 4 is 5.91 Å². The highest BCUT2D eigenvalue weighted by atomic mass is 19.1. The van der Waals surface area contributed by atoms with Crippen molar-refractivity contribution in [2.24, 2.45) is 11.8 Å². The summed E-state index contributed by atoms with van der Waals surface area (Å²) in [5.74, 6) is 0.730. The Balaban J connectivity index is 1.77. The van der Waals surface area contributed by atoms with Crippen LogP contribution in [0, 0.1) is 17.7 Å². The van der Waals surface area contributed by atoms with E-state index in [4.69, 9.17) is 4.74 Å². The van der Waals surface area contributed by atoms with Gasteiger partial charge in [0.25, 0.3) is 0 Å². The fraction of sp³-hybridized carbons (Fsp3) is 0.533. The minimum Gasteiger partial charge on any atom is -0.492 e. The van der Waals surface area contributed by atoms with E-state index in [1.165, 1.54) is 12.1 Å². The zero-order chi connectivity index (χ0) is 14.5. The largest absolute Gasteiger partial charge is 0.492 e. The standard InChI is InChI=1S/C15H21FN2O2/c1-11-9-17-10-14(11)15(19)18(2)6-7-20-13-5-3-4-12(16)8-13/h3-5,8,11,14,17H,6-7,9-10H2,1-2H3/t11-,14-/m1/s1. The Bertz CT molecular complexity index is 467. The minimum atomic E-state index is -0.321. The molecule has 110 valence electrons. The summed E-state index contributed by atoms with van der Waals surface area (Å²) in [4.78, 5) is 13.9. The second kappa shape index (κ2) is 6.70. The lowest BCUT2D eigenvalue weighted by molar-refractivity contribution is -0.134. The molecule has 0 spiro atoms. The fourth-order valence-corrected chi connectivity index (χ4v) is 2.39. The van der Waals surface area contributed by atoms with E-state index in [1.807, 2.05) is 0 Å². The second-order valence-electron chi connectivity index (χ2n) is 5.31. The molecular formula is C15H21FN2O2. The molecule has 1 saturated heterocycles. The van der Waals surface area contributed by atoms with Crippen LogP contribution in [0.4, 0.5) is 4.39 Å². The average Bonchev–Trinajstić information content (AvgIpc) is 2.84. The molecule has 1 fully saturated rings. The highest BCUT2D eigenvalue weighted by molar-refractivity contribution is 5.79. The average molecular weight is 280 g/mol. The van der Waals surface area contributed by atoms with E-state index in [0.29, 0.717) is 24.8 Å². The maximum absolute atomic E-state index is 13.0. The molecule has 1 amide bonds. The van der Waals surface area contributed by atoms with Gasteiger partial charge in [0.2, 0.25) is 5.91 Å². The van der Waals surface area contributed by atoms with Gasteiger partial charge in [-0.2, -0.15) is 0 Å². The van der Waals surface area contributed by atoms with Gasteiger partial charge in [-0.3, -0.25) is 4.79 Å². The smallest absolute Gasteiger partial charge is 0.227 e. The van der Waals surface area contributed by atoms with Crippen molar-refractivity contribution in [3.8, 4) is 5.75 Å². The Hall–Kier alpha value is -1.62. The normalized spacial score (nSPS) is 21.8. The Labute approximate surface area is 118 Å². The van der Waals surface area contributed by atoms with Crippen LogP contribution < -0.4 is 10.1 Å². The predicted molar refractivity (Wildman–Crippen MR) is 75.1 cm³/mol. The maximum atomic E-state index is 13.0. The molecule has 5 heteroatoms. The molecule has 1 aromatic rings. The van der Waals surface area contributed by atoms with Crippen molar-refractivity contribution in [2.45, 2.75) is 6.92 Å². The quantitative estimate of drug-likeness (QED) is 0.889. The van der Waals surface area contributed by atoms with Crippen molar-refractivity contribution in [1.82, 2.24) is 10.2 Å². The first-order valence-electron chi connectivity index (χ1n) is 6.92. The van der Waals surface area contributed by atoms with E-state index < -0.39 is 0 Å². The molecule has 1 aliphatic heterocycles. The van der Waals surface area contributed by atoms with Gasteiger partial charge < -0.3 is 15.0 Å². The van der Waals surface area contributed by atoms with Gasteiger partial charge in [0.1, 0.15) is 18.2 Å². The van der Waals surface area contributed by atoms with E-state index >= 15 is 0 Å². The van der Waals surface area contributed by atoms with Crippen LogP contribution >= 0.6 is 0 Å². The number of ether oxygens (including phenoxy) is 1. The number of halogens is 1. The molecule has 0 aliphatic carbocycles. The first-order chi connectivity index (χ1) is 9.58. The summed E-state index contributed by atoms with van der Waals surface area (Å²) in [7, 11) is 1.78. The minimum absolute atomic E-state index is 0.0502. The number of carbonyl (C=O) groups excluding carboxylic acids is 1. The molecule has 0 saturated carbocycles. The SMILES string of the molecule is C[C@@H]1CNC[C@H]1C(=O)N(C)CCOc1cccc(F)c1. The molecule has 1 N–H and O–H groups in total. The number of carbonyl (C=O) groups is 1. The number of amides is 1. The van der Waals surface area contributed by atoms with Crippen LogP contribution in [0.2, 0.25) is 0 Å². The molecule has 0 aromatic heterocycles. The number of hydrogen-bond donors (Lipinski definition) is 1. The summed E-state index contributed by atoms with van der Waals surface area (Å²) in [6.07, 6.45) is 0. The number of nitrogens with zero attached hydrogens (tertiary/aromatic N) is 1. The van der Waals surface area contributed by atoms with Crippen LogP contribution in [0.25, 0.3) is 0 Å². The molecule has 1 aromatic carbocycles. The Morgan fingerprint density at radius 3 is 2.95 bits per heavy atom. The summed E-state index contributed by atoms with van der Waals surface area (Å²) in [6.45, 7) is 4.58. The third kappa shape index (κ3) is 3.70. The Kier molecular flexibility index (Phi) is 4.95. The molecule has 2 atom stereocenters. The number of benzene rings is 1. The van der Waals surface area contributed by atoms with Gasteiger partial charge in [0.05, 0.1) is 12.5 Å². The zero-order valence-corrected chi connectivity index (χ0v) is 11.9. The number of likely N-dealkylation sites (N-methyl/N-ethyl adjacent to an activating group) is 1. The highest BCUT2D eigenvalue weighted by Gasteiger charge is 2.31. The van der Waals surface area contributed by atoms with Gasteiger partial charge in [0, 0.05) is 19.7 Å². The first kappa shape index (κ1) is 14.8. The van der Waals surface area contributed by atoms with E-state index in [0.717, 1.165) is 13.1 Å². The molecular weight excluding hydrogens is 259 g/mol. The van der Waals surface area contributed by atoms with Gasteiger partial charge in [0.15, 0.2) is 0 Å². The van der Waals surface area contributed by atoms with E-state index in [-0.39, 0.29) is 17.6 Å². The summed E-state index contributed by atoms with van der Waals surface area (Å²) >= 11 is 0. The Morgan fingerprint density at radius 1 is 1.50 bits per heavy atom. The molecule has 20 heavy (non-hydrogen) atoms. The fourth-order valence-electron chi connectivity index (χ4n) is 2.39.